The second-order valence-corrected chi connectivity index (χ2v) is 13.2. The average Bonchev–Trinajstić information content (AvgIpc) is 2.98. The van der Waals surface area contributed by atoms with Gasteiger partial charge in [0, 0.05) is 35.7 Å². The number of hydrogen-bond donors (Lipinski definition) is 2. The fourth-order valence-corrected chi connectivity index (χ4v) is 7.93. The van der Waals surface area contributed by atoms with Crippen molar-refractivity contribution in [3.05, 3.63) is 64.9 Å². The number of ether oxygens (including phenoxy) is 2. The summed E-state index contributed by atoms with van der Waals surface area (Å²) in [4.78, 5) is 37.5. The van der Waals surface area contributed by atoms with Gasteiger partial charge in [0.1, 0.15) is 11.4 Å². The predicted octanol–water partition coefficient (Wildman–Crippen LogP) is 6.68. The van der Waals surface area contributed by atoms with E-state index in [1.54, 1.807) is 18.3 Å². The summed E-state index contributed by atoms with van der Waals surface area (Å²) in [5.74, 6) is 1.11. The second-order valence-electron chi connectivity index (χ2n) is 12.8. The van der Waals surface area contributed by atoms with Crippen LogP contribution in [0.15, 0.2) is 48.7 Å². The number of amides is 1. The topological polar surface area (TPSA) is 114 Å². The fraction of sp³-hybridized carbons (Fsp3) is 0.471. The van der Waals surface area contributed by atoms with Gasteiger partial charge in [0.15, 0.2) is 5.72 Å². The lowest BCUT2D eigenvalue weighted by atomic mass is 9.52. The summed E-state index contributed by atoms with van der Waals surface area (Å²) in [6.45, 7) is 3.36. The van der Waals surface area contributed by atoms with E-state index in [1.807, 2.05) is 51.4 Å². The summed E-state index contributed by atoms with van der Waals surface area (Å²) in [5.41, 5.74) is 2.66. The summed E-state index contributed by atoms with van der Waals surface area (Å²) >= 11 is 6.52. The Labute approximate surface area is 262 Å². The lowest BCUT2D eigenvalue weighted by Gasteiger charge is -2.59. The van der Waals surface area contributed by atoms with Crippen molar-refractivity contribution >= 4 is 23.7 Å². The van der Waals surface area contributed by atoms with Crippen LogP contribution in [-0.2, 0) is 4.74 Å². The lowest BCUT2D eigenvalue weighted by Crippen LogP contribution is -2.68. The number of benzene rings is 1. The first-order valence-corrected chi connectivity index (χ1v) is 15.8. The Morgan fingerprint density at radius 3 is 2.43 bits per heavy atom. The molecule has 1 amide bonds. The Morgan fingerprint density at radius 2 is 1.77 bits per heavy atom. The molecule has 4 fully saturated rings. The number of nitrogens with zero attached hydrogens (tertiary/aromatic N) is 3. The molecule has 232 valence electrons. The van der Waals surface area contributed by atoms with E-state index in [9.17, 15) is 14.7 Å². The molecule has 9 nitrogen and oxygen atoms in total. The number of pyridine rings is 2. The van der Waals surface area contributed by atoms with Gasteiger partial charge in [-0.15, -0.1) is 0 Å². The molecule has 0 saturated heterocycles. The molecule has 44 heavy (non-hydrogen) atoms. The lowest BCUT2D eigenvalue weighted by molar-refractivity contribution is -0.191. The number of halogens is 1. The molecule has 2 aromatic heterocycles. The van der Waals surface area contributed by atoms with Crippen molar-refractivity contribution in [1.29, 1.82) is 0 Å². The van der Waals surface area contributed by atoms with Gasteiger partial charge in [0.25, 0.3) is 5.91 Å². The molecule has 10 heteroatoms. The number of nitrogens with one attached hydrogen (secondary N) is 1. The van der Waals surface area contributed by atoms with Gasteiger partial charge in [-0.3, -0.25) is 9.78 Å². The van der Waals surface area contributed by atoms with Crippen molar-refractivity contribution in [2.75, 3.05) is 27.2 Å². The minimum atomic E-state index is -1.37. The first-order valence-electron chi connectivity index (χ1n) is 15.4. The van der Waals surface area contributed by atoms with Crippen molar-refractivity contribution in [1.82, 2.24) is 20.2 Å². The van der Waals surface area contributed by atoms with Gasteiger partial charge in [-0.1, -0.05) is 23.7 Å². The van der Waals surface area contributed by atoms with Crippen molar-refractivity contribution in [2.45, 2.75) is 51.2 Å². The number of aryl methyl sites for hydroxylation is 1. The Balaban J connectivity index is 1.36. The Hall–Kier alpha value is -3.69. The highest BCUT2D eigenvalue weighted by Crippen LogP contribution is 2.58. The molecule has 4 aliphatic carbocycles. The van der Waals surface area contributed by atoms with Crippen LogP contribution in [-0.4, -0.2) is 65.0 Å². The third-order valence-electron chi connectivity index (χ3n) is 9.52. The summed E-state index contributed by atoms with van der Waals surface area (Å²) < 4.78 is 11.7. The summed E-state index contributed by atoms with van der Waals surface area (Å²) in [6.07, 6.45) is 5.83. The van der Waals surface area contributed by atoms with E-state index in [-0.39, 0.29) is 17.5 Å². The first-order chi connectivity index (χ1) is 21.1. The highest BCUT2D eigenvalue weighted by atomic mass is 35.5. The third-order valence-corrected chi connectivity index (χ3v) is 9.83. The summed E-state index contributed by atoms with van der Waals surface area (Å²) in [7, 11) is 4.03. The van der Waals surface area contributed by atoms with Crippen LogP contribution in [0.25, 0.3) is 22.5 Å². The molecule has 4 bridgehead atoms. The molecule has 2 N–H and O–H groups in total. The highest BCUT2D eigenvalue weighted by Gasteiger charge is 2.60. The average molecular weight is 619 g/mol. The molecule has 0 radical (unpaired) electrons. The monoisotopic (exact) mass is 618 g/mol. The van der Waals surface area contributed by atoms with Crippen LogP contribution < -0.4 is 10.1 Å². The molecule has 0 aliphatic heterocycles. The van der Waals surface area contributed by atoms with Gasteiger partial charge in [-0.25, -0.2) is 9.78 Å². The van der Waals surface area contributed by atoms with Crippen molar-refractivity contribution in [3.8, 4) is 28.3 Å². The van der Waals surface area contributed by atoms with E-state index < -0.39 is 17.8 Å². The predicted molar refractivity (Wildman–Crippen MR) is 168 cm³/mol. The molecule has 2 heterocycles. The molecule has 0 atom stereocenters. The molecule has 7 rings (SSSR count). The van der Waals surface area contributed by atoms with E-state index in [0.717, 1.165) is 61.0 Å². The maximum absolute atomic E-state index is 14.0. The van der Waals surface area contributed by atoms with Crippen LogP contribution >= 0.6 is 11.6 Å². The number of aromatic nitrogens is 2. The van der Waals surface area contributed by atoms with Gasteiger partial charge in [-0.2, -0.15) is 0 Å². The van der Waals surface area contributed by atoms with Crippen LogP contribution in [0.2, 0.25) is 5.02 Å². The molecule has 4 aliphatic rings. The molecule has 4 saturated carbocycles. The molecular weight excluding hydrogens is 580 g/mol. The van der Waals surface area contributed by atoms with Crippen molar-refractivity contribution < 1.29 is 24.2 Å². The SMILES string of the molecule is Cc1cccnc1-c1ccc(C(=O)NC2(OC(=O)O)C3CC4CC(C3)CC2C4)nc1-c1ccc(Cl)c(OCCCN(C)C)c1. The highest BCUT2D eigenvalue weighted by molar-refractivity contribution is 6.32. The number of carbonyl (C=O) groups excluding carboxylic acids is 1. The number of carboxylic acid groups (broad SMARTS) is 1. The summed E-state index contributed by atoms with van der Waals surface area (Å²) in [6, 6.07) is 12.8. The smallest absolute Gasteiger partial charge is 0.492 e. The quantitative estimate of drug-likeness (QED) is 0.147. The largest absolute Gasteiger partial charge is 0.507 e. The second kappa shape index (κ2) is 12.4. The van der Waals surface area contributed by atoms with Crippen LogP contribution in [0.3, 0.4) is 0 Å². The van der Waals surface area contributed by atoms with Crippen molar-refractivity contribution in [3.63, 3.8) is 0 Å². The van der Waals surface area contributed by atoms with Crippen LogP contribution in [0.5, 0.6) is 5.75 Å². The van der Waals surface area contributed by atoms with Crippen molar-refractivity contribution in [2.24, 2.45) is 23.7 Å². The first kappa shape index (κ1) is 30.3. The maximum Gasteiger partial charge on any atom is 0.507 e. The van der Waals surface area contributed by atoms with E-state index in [0.29, 0.717) is 34.9 Å². The van der Waals surface area contributed by atoms with E-state index in [4.69, 9.17) is 26.1 Å². The number of rotatable bonds is 10. The Kier molecular flexibility index (Phi) is 8.53. The van der Waals surface area contributed by atoms with E-state index >= 15 is 0 Å². The van der Waals surface area contributed by atoms with E-state index in [2.05, 4.69) is 15.2 Å². The standard InChI is InChI=1S/C34H39ClN4O5/c1-20-6-4-11-36-30(20)26-8-10-28(37-31(26)23-7-9-27(35)29(19-23)43-13-5-12-39(2)3)32(40)38-34(44-33(41)42)24-15-21-14-22(17-24)18-25(34)16-21/h4,6-11,19,21-22,24-25H,5,12-18H2,1-3H3,(H,38,40)(H,41,42). The van der Waals surface area contributed by atoms with E-state index in [1.165, 1.54) is 6.42 Å². The minimum Gasteiger partial charge on any atom is -0.492 e. The van der Waals surface area contributed by atoms with Gasteiger partial charge >= 0.3 is 6.16 Å². The molecular formula is C34H39ClN4O5. The molecule has 0 unspecified atom stereocenters. The minimum absolute atomic E-state index is 0.0443. The van der Waals surface area contributed by atoms with Gasteiger partial charge in [-0.05, 0) is 107 Å². The number of hydrogen-bond acceptors (Lipinski definition) is 7. The molecule has 3 aromatic rings. The Morgan fingerprint density at radius 1 is 1.05 bits per heavy atom. The zero-order valence-electron chi connectivity index (χ0n) is 25.4. The van der Waals surface area contributed by atoms with Crippen LogP contribution in [0.1, 0.15) is 54.6 Å². The van der Waals surface area contributed by atoms with Gasteiger partial charge in [0.05, 0.1) is 23.0 Å². The van der Waals surface area contributed by atoms with Crippen LogP contribution in [0.4, 0.5) is 4.79 Å². The fourth-order valence-electron chi connectivity index (χ4n) is 7.76. The van der Waals surface area contributed by atoms with Crippen LogP contribution in [0, 0.1) is 30.6 Å². The normalized spacial score (nSPS) is 25.2. The maximum atomic E-state index is 14.0. The number of carbonyl (C=O) groups is 2. The summed E-state index contributed by atoms with van der Waals surface area (Å²) in [5, 5.41) is 13.3. The van der Waals surface area contributed by atoms with Gasteiger partial charge < -0.3 is 24.8 Å². The Bertz CT molecular complexity index is 1530. The zero-order chi connectivity index (χ0) is 31.0. The molecule has 0 spiro atoms. The third kappa shape index (κ3) is 6.00. The van der Waals surface area contributed by atoms with Gasteiger partial charge in [0.2, 0.25) is 0 Å². The molecule has 1 aromatic carbocycles. The zero-order valence-corrected chi connectivity index (χ0v) is 26.1.